The van der Waals surface area contributed by atoms with Crippen molar-refractivity contribution >= 4 is 57.5 Å². The molecule has 75 heavy (non-hydrogen) atoms. The van der Waals surface area contributed by atoms with Gasteiger partial charge in [-0.05, 0) is 133 Å². The van der Waals surface area contributed by atoms with Gasteiger partial charge in [0.05, 0.1) is 46.4 Å². The highest BCUT2D eigenvalue weighted by molar-refractivity contribution is 6.09. The van der Waals surface area contributed by atoms with Crippen molar-refractivity contribution in [3.63, 3.8) is 0 Å². The summed E-state index contributed by atoms with van der Waals surface area (Å²) in [6.45, 7) is 8.67. The number of aromatic nitrogens is 4. The Hall–Kier alpha value is -6.66. The number of imidazole rings is 1. The number of ether oxygens (including phenoxy) is 1. The van der Waals surface area contributed by atoms with Crippen molar-refractivity contribution < 1.29 is 33.4 Å². The van der Waals surface area contributed by atoms with Gasteiger partial charge in [0.2, 0.25) is 35.9 Å². The second-order valence-corrected chi connectivity index (χ2v) is 22.4. The van der Waals surface area contributed by atoms with Crippen molar-refractivity contribution in [1.29, 1.82) is 0 Å². The number of likely N-dealkylation sites (tertiary alicyclic amines) is 3. The molecule has 2 saturated carbocycles. The van der Waals surface area contributed by atoms with Crippen LogP contribution in [0.15, 0.2) is 73.2 Å². The summed E-state index contributed by atoms with van der Waals surface area (Å²) in [7, 11) is 0. The molecule has 18 heteroatoms. The lowest BCUT2D eigenvalue weighted by Gasteiger charge is -2.48. The van der Waals surface area contributed by atoms with Gasteiger partial charge in [0.25, 0.3) is 0 Å². The van der Waals surface area contributed by atoms with Crippen LogP contribution in [-0.4, -0.2) is 133 Å². The fourth-order valence-electron chi connectivity index (χ4n) is 13.2. The van der Waals surface area contributed by atoms with Gasteiger partial charge in [0, 0.05) is 80.5 Å². The number of fused-ring (bicyclic) bond motifs is 3. The Morgan fingerprint density at radius 2 is 1.61 bits per heavy atom. The zero-order chi connectivity index (χ0) is 51.5. The Bertz CT molecular complexity index is 2980. The van der Waals surface area contributed by atoms with E-state index in [1.165, 1.54) is 25.3 Å². The maximum Gasteiger partial charge on any atom is 0.238 e. The van der Waals surface area contributed by atoms with Crippen LogP contribution in [0.25, 0.3) is 22.3 Å². The fourth-order valence-corrected chi connectivity index (χ4v) is 13.2. The number of amides is 4. The minimum atomic E-state index is -1.10. The van der Waals surface area contributed by atoms with Crippen molar-refractivity contribution in [2.75, 3.05) is 60.9 Å². The molecule has 5 aliphatic heterocycles. The molecule has 394 valence electrons. The molecule has 1 spiro atoms. The molecule has 6 fully saturated rings. The van der Waals surface area contributed by atoms with Crippen LogP contribution in [0.5, 0.6) is 5.88 Å². The van der Waals surface area contributed by atoms with Gasteiger partial charge in [-0.2, -0.15) is 0 Å². The Balaban J connectivity index is 0.715. The van der Waals surface area contributed by atoms with Crippen LogP contribution in [0, 0.1) is 17.7 Å². The summed E-state index contributed by atoms with van der Waals surface area (Å²) in [5, 5.41) is 16.1. The van der Waals surface area contributed by atoms with Crippen LogP contribution in [0.4, 0.5) is 27.3 Å². The van der Waals surface area contributed by atoms with E-state index in [0.717, 1.165) is 66.6 Å². The number of piperidine rings is 2. The number of halogens is 1. The summed E-state index contributed by atoms with van der Waals surface area (Å²) in [5.74, 6) is 0.312. The third kappa shape index (κ3) is 9.25. The standard InChI is InChI=1S/C57H68FN11O6/c1-35(2)68-34-60-47-31-46(62-52(51(47)68)61-45-9-5-4-8-44(45)58)37-12-16-43-48(28-37)69(41-29-40(30-41)64-22-6-3-7-23-64)55(73)57(43)20-26-65(27-21-57)54(72)38-18-24-66(33-38)53(71)36-10-14-42(15-11-36)75-50-17-13-39(32-59-50)67-25-19-49(70)63-56(67)74/h4-5,8-9,12-13,16-17,28,31-32,34-36,38,40-42,56,74H,3,6-7,10-11,14-15,18-27,29-30,33H2,1-2H3,(H,61,62)(H,63,70)/t36-,38-,40-,41+,42-,56?/m1/s1. The lowest BCUT2D eigenvalue weighted by Crippen LogP contribution is -2.58. The molecule has 2 aliphatic carbocycles. The van der Waals surface area contributed by atoms with E-state index in [4.69, 9.17) is 14.7 Å². The molecule has 8 heterocycles. The number of pyridine rings is 2. The molecule has 12 rings (SSSR count). The third-order valence-electron chi connectivity index (χ3n) is 17.6. The molecule has 2 aromatic carbocycles. The minimum absolute atomic E-state index is 0.0673. The summed E-state index contributed by atoms with van der Waals surface area (Å²) in [6.07, 6.45) is 12.6. The largest absolute Gasteiger partial charge is 0.474 e. The number of anilines is 4. The number of para-hydroxylation sites is 1. The summed E-state index contributed by atoms with van der Waals surface area (Å²) in [6, 6.07) is 19.1. The lowest BCUT2D eigenvalue weighted by atomic mass is 9.73. The molecule has 3 N–H and O–H groups in total. The van der Waals surface area contributed by atoms with E-state index in [1.807, 2.05) is 26.5 Å². The number of rotatable bonds is 11. The summed E-state index contributed by atoms with van der Waals surface area (Å²) >= 11 is 0. The van der Waals surface area contributed by atoms with Gasteiger partial charge in [-0.1, -0.05) is 30.7 Å². The number of hydrogen-bond acceptors (Lipinski definition) is 12. The lowest BCUT2D eigenvalue weighted by molar-refractivity contribution is -0.140. The normalized spacial score (nSPS) is 25.9. The number of carbonyl (C=O) groups is 4. The summed E-state index contributed by atoms with van der Waals surface area (Å²) in [5.41, 5.74) is 5.20. The Labute approximate surface area is 436 Å². The molecule has 17 nitrogen and oxygen atoms in total. The van der Waals surface area contributed by atoms with E-state index in [-0.39, 0.29) is 59.5 Å². The molecule has 4 amide bonds. The van der Waals surface area contributed by atoms with Gasteiger partial charge in [0.1, 0.15) is 17.4 Å². The average molecular weight is 1020 g/mol. The molecule has 7 aliphatic rings. The first-order chi connectivity index (χ1) is 36.4. The van der Waals surface area contributed by atoms with Gasteiger partial charge in [0.15, 0.2) is 5.82 Å². The first-order valence-electron chi connectivity index (χ1n) is 27.5. The average Bonchev–Trinajstić information content (AvgIpc) is 4.16. The molecular formula is C57H68FN11O6. The molecular weight excluding hydrogens is 954 g/mol. The van der Waals surface area contributed by atoms with Gasteiger partial charge in [-0.3, -0.25) is 19.2 Å². The topological polar surface area (TPSA) is 182 Å². The molecule has 0 bridgehead atoms. The molecule has 3 aromatic heterocycles. The quantitative estimate of drug-likeness (QED) is 0.121. The Morgan fingerprint density at radius 1 is 0.840 bits per heavy atom. The van der Waals surface area contributed by atoms with Crippen molar-refractivity contribution in [3.8, 4) is 17.1 Å². The SMILES string of the molecule is CC(C)n1cnc2cc(-c3ccc4c(c3)N([C@H]3C[C@@H](N5CCCCC5)C3)C(=O)C43CCN(C(=O)[C@@H]4CCN(C(=O)[C@H]5CC[C@H](Oc6ccc(N7CCC(=O)NC7O)cn6)CC5)C4)CC3)nc(Nc3ccccc3F)c21. The van der Waals surface area contributed by atoms with E-state index >= 15 is 9.18 Å². The maximum absolute atomic E-state index is 15.3. The second kappa shape index (κ2) is 20.1. The number of aliphatic hydroxyl groups is 1. The second-order valence-electron chi connectivity index (χ2n) is 22.4. The molecule has 2 atom stereocenters. The highest BCUT2D eigenvalue weighted by Gasteiger charge is 2.56. The number of benzene rings is 2. The van der Waals surface area contributed by atoms with Crippen LogP contribution in [0.3, 0.4) is 0 Å². The molecule has 1 unspecified atom stereocenters. The Kier molecular flexibility index (Phi) is 13.2. The highest BCUT2D eigenvalue weighted by atomic mass is 19.1. The van der Waals surface area contributed by atoms with Crippen LogP contribution < -0.4 is 25.2 Å². The number of nitrogens with one attached hydrogen (secondary N) is 2. The molecule has 0 radical (unpaired) electrons. The summed E-state index contributed by atoms with van der Waals surface area (Å²) in [4.78, 5) is 79.8. The zero-order valence-corrected chi connectivity index (χ0v) is 43.0. The first-order valence-corrected chi connectivity index (χ1v) is 27.5. The van der Waals surface area contributed by atoms with Crippen LogP contribution in [-0.2, 0) is 24.6 Å². The van der Waals surface area contributed by atoms with E-state index in [2.05, 4.69) is 57.5 Å². The van der Waals surface area contributed by atoms with Crippen molar-refractivity contribution in [3.05, 3.63) is 84.6 Å². The minimum Gasteiger partial charge on any atom is -0.474 e. The fraction of sp³-hybridized carbons (Fsp3) is 0.526. The van der Waals surface area contributed by atoms with Crippen molar-refractivity contribution in [2.45, 2.75) is 133 Å². The van der Waals surface area contributed by atoms with Gasteiger partial charge < -0.3 is 49.5 Å². The molecule has 4 saturated heterocycles. The monoisotopic (exact) mass is 1020 g/mol. The predicted molar refractivity (Wildman–Crippen MR) is 282 cm³/mol. The smallest absolute Gasteiger partial charge is 0.238 e. The van der Waals surface area contributed by atoms with E-state index in [9.17, 15) is 19.5 Å². The highest BCUT2D eigenvalue weighted by Crippen LogP contribution is 2.52. The van der Waals surface area contributed by atoms with Crippen LogP contribution >= 0.6 is 0 Å². The van der Waals surface area contributed by atoms with E-state index < -0.39 is 11.8 Å². The first kappa shape index (κ1) is 49.2. The van der Waals surface area contributed by atoms with E-state index in [0.29, 0.717) is 106 Å². The number of aliphatic hydroxyl groups excluding tert-OH is 1. The molecule has 5 aromatic rings. The van der Waals surface area contributed by atoms with Crippen molar-refractivity contribution in [1.82, 2.24) is 39.5 Å². The Morgan fingerprint density at radius 3 is 2.35 bits per heavy atom. The van der Waals surface area contributed by atoms with Crippen LogP contribution in [0.1, 0.15) is 109 Å². The van der Waals surface area contributed by atoms with Gasteiger partial charge >= 0.3 is 0 Å². The van der Waals surface area contributed by atoms with Gasteiger partial charge in [-0.25, -0.2) is 19.3 Å². The van der Waals surface area contributed by atoms with Crippen LogP contribution in [0.2, 0.25) is 0 Å². The maximum atomic E-state index is 15.3. The van der Waals surface area contributed by atoms with Crippen molar-refractivity contribution in [2.24, 2.45) is 11.8 Å². The zero-order valence-electron chi connectivity index (χ0n) is 43.0. The summed E-state index contributed by atoms with van der Waals surface area (Å²) < 4.78 is 23.4. The number of carbonyl (C=O) groups excluding carboxylic acids is 4. The number of hydrogen-bond donors (Lipinski definition) is 3. The third-order valence-corrected chi connectivity index (χ3v) is 17.6. The predicted octanol–water partition coefficient (Wildman–Crippen LogP) is 7.27. The van der Waals surface area contributed by atoms with Gasteiger partial charge in [-0.15, -0.1) is 0 Å². The number of nitrogens with zero attached hydrogens (tertiary/aromatic N) is 9. The van der Waals surface area contributed by atoms with E-state index in [1.54, 1.807) is 41.7 Å².